The Bertz CT molecular complexity index is 1080. The van der Waals surface area contributed by atoms with E-state index in [0.717, 1.165) is 0 Å². The van der Waals surface area contributed by atoms with E-state index in [4.69, 9.17) is 9.52 Å². The highest BCUT2D eigenvalue weighted by Crippen LogP contribution is 2.32. The van der Waals surface area contributed by atoms with Crippen LogP contribution >= 0.6 is 0 Å². The molecule has 3 rings (SSSR count). The highest BCUT2D eigenvalue weighted by molar-refractivity contribution is 5.88. The summed E-state index contributed by atoms with van der Waals surface area (Å²) in [6, 6.07) is 12.7. The van der Waals surface area contributed by atoms with Crippen molar-refractivity contribution in [2.24, 2.45) is 0 Å². The minimum Gasteiger partial charge on any atom is -0.872 e. The number of aromatic carboxylic acids is 1. The molecular formula is C21H17O6-. The number of hydrogen-bond acceptors (Lipinski definition) is 5. The number of para-hydroxylation sites is 1. The quantitative estimate of drug-likeness (QED) is 0.673. The molecule has 0 saturated carbocycles. The molecule has 6 heteroatoms. The van der Waals surface area contributed by atoms with Gasteiger partial charge in [-0.05, 0) is 37.1 Å². The van der Waals surface area contributed by atoms with Crippen molar-refractivity contribution in [2.75, 3.05) is 0 Å². The summed E-state index contributed by atoms with van der Waals surface area (Å²) in [6.45, 7) is 1.38. The summed E-state index contributed by atoms with van der Waals surface area (Å²) in [5, 5.41) is 22.3. The second-order valence-corrected chi connectivity index (χ2v) is 6.44. The molecule has 0 fully saturated rings. The molecule has 0 saturated heterocycles. The van der Waals surface area contributed by atoms with Gasteiger partial charge in [0.25, 0.3) is 0 Å². The molecule has 3 aromatic rings. The summed E-state index contributed by atoms with van der Waals surface area (Å²) in [7, 11) is 0. The van der Waals surface area contributed by atoms with E-state index in [9.17, 15) is 19.5 Å². The minimum absolute atomic E-state index is 0.0182. The molecule has 0 aliphatic carbocycles. The third-order valence-electron chi connectivity index (χ3n) is 4.40. The van der Waals surface area contributed by atoms with Crippen molar-refractivity contribution >= 4 is 22.7 Å². The summed E-state index contributed by atoms with van der Waals surface area (Å²) >= 11 is 0. The molecule has 0 bridgehead atoms. The van der Waals surface area contributed by atoms with Crippen molar-refractivity contribution in [2.45, 2.75) is 25.7 Å². The van der Waals surface area contributed by atoms with Crippen molar-refractivity contribution in [3.05, 3.63) is 75.6 Å². The lowest BCUT2D eigenvalue weighted by atomic mass is 9.87. The number of benzene rings is 2. The Morgan fingerprint density at radius 1 is 1.15 bits per heavy atom. The third-order valence-corrected chi connectivity index (χ3v) is 4.40. The van der Waals surface area contributed by atoms with Gasteiger partial charge in [0.05, 0.1) is 5.56 Å². The zero-order valence-electron chi connectivity index (χ0n) is 14.6. The highest BCUT2D eigenvalue weighted by atomic mass is 16.4. The number of carboxylic acid groups (broad SMARTS) is 1. The minimum atomic E-state index is -1.07. The van der Waals surface area contributed by atoms with Crippen LogP contribution in [0.4, 0.5) is 0 Å². The van der Waals surface area contributed by atoms with Crippen LogP contribution in [-0.2, 0) is 11.2 Å². The predicted octanol–water partition coefficient (Wildman–Crippen LogP) is 2.87. The number of ketones is 1. The third kappa shape index (κ3) is 3.89. The Labute approximate surface area is 154 Å². The summed E-state index contributed by atoms with van der Waals surface area (Å²) in [4.78, 5) is 35.4. The lowest BCUT2D eigenvalue weighted by Crippen LogP contribution is -2.20. The van der Waals surface area contributed by atoms with E-state index in [-0.39, 0.29) is 40.7 Å². The van der Waals surface area contributed by atoms with Crippen LogP contribution < -0.4 is 10.7 Å². The second kappa shape index (κ2) is 7.45. The van der Waals surface area contributed by atoms with Crippen LogP contribution in [0.3, 0.4) is 0 Å². The summed E-state index contributed by atoms with van der Waals surface area (Å²) < 4.78 is 5.27. The van der Waals surface area contributed by atoms with Crippen LogP contribution in [0.5, 0.6) is 5.75 Å². The topological polar surface area (TPSA) is 108 Å². The maximum Gasteiger partial charge on any atom is 0.339 e. The summed E-state index contributed by atoms with van der Waals surface area (Å²) in [5.41, 5.74) is 0.0738. The number of carbonyl (C=O) groups excluding carboxylic acids is 1. The standard InChI is InChI=1S/C21H18O6/c1-12(22)9-15(11-13-5-4-6-14(10-13)20(24)25)18-19(23)16-7-2-3-8-17(16)27-21(18)26/h2-8,10,15,23H,9,11H2,1H3,(H,24,25)/p-1. The van der Waals surface area contributed by atoms with Gasteiger partial charge in [-0.25, -0.2) is 9.59 Å². The fourth-order valence-corrected chi connectivity index (χ4v) is 3.23. The lowest BCUT2D eigenvalue weighted by Gasteiger charge is -2.22. The molecule has 0 radical (unpaired) electrons. The van der Waals surface area contributed by atoms with Gasteiger partial charge in [0.2, 0.25) is 0 Å². The van der Waals surface area contributed by atoms with Gasteiger partial charge in [-0.3, -0.25) is 0 Å². The largest absolute Gasteiger partial charge is 0.872 e. The van der Waals surface area contributed by atoms with Gasteiger partial charge < -0.3 is 19.4 Å². The molecule has 1 aromatic heterocycles. The van der Waals surface area contributed by atoms with Gasteiger partial charge in [0, 0.05) is 23.3 Å². The molecule has 6 nitrogen and oxygen atoms in total. The molecule has 0 amide bonds. The molecule has 0 aliphatic heterocycles. The molecule has 1 N–H and O–H groups in total. The van der Waals surface area contributed by atoms with Gasteiger partial charge in [0.1, 0.15) is 11.4 Å². The number of hydrogen-bond donors (Lipinski definition) is 1. The molecule has 27 heavy (non-hydrogen) atoms. The van der Waals surface area contributed by atoms with Crippen molar-refractivity contribution in [3.63, 3.8) is 0 Å². The van der Waals surface area contributed by atoms with Crippen molar-refractivity contribution < 1.29 is 24.2 Å². The average Bonchev–Trinajstić information content (AvgIpc) is 2.61. The van der Waals surface area contributed by atoms with E-state index >= 15 is 0 Å². The Morgan fingerprint density at radius 2 is 1.89 bits per heavy atom. The SMILES string of the molecule is CC(=O)CC(Cc1cccc(C(=O)O)c1)c1c([O-])c2ccccc2oc1=O. The van der Waals surface area contributed by atoms with E-state index in [1.54, 1.807) is 30.3 Å². The van der Waals surface area contributed by atoms with E-state index < -0.39 is 23.3 Å². The highest BCUT2D eigenvalue weighted by Gasteiger charge is 2.21. The maximum absolute atomic E-state index is 12.9. The first-order valence-electron chi connectivity index (χ1n) is 8.41. The van der Waals surface area contributed by atoms with E-state index in [1.165, 1.54) is 25.1 Å². The van der Waals surface area contributed by atoms with Gasteiger partial charge >= 0.3 is 11.6 Å². The van der Waals surface area contributed by atoms with Crippen molar-refractivity contribution in [1.29, 1.82) is 0 Å². The number of fused-ring (bicyclic) bond motifs is 1. The van der Waals surface area contributed by atoms with E-state index in [2.05, 4.69) is 0 Å². The van der Waals surface area contributed by atoms with E-state index in [0.29, 0.717) is 5.56 Å². The molecule has 0 aliphatic rings. The Morgan fingerprint density at radius 3 is 2.59 bits per heavy atom. The normalized spacial score (nSPS) is 12.0. The Balaban J connectivity index is 2.09. The molecule has 1 heterocycles. The monoisotopic (exact) mass is 365 g/mol. The molecule has 0 spiro atoms. The van der Waals surface area contributed by atoms with Gasteiger partial charge in [-0.15, -0.1) is 0 Å². The predicted molar refractivity (Wildman–Crippen MR) is 97.1 cm³/mol. The van der Waals surface area contributed by atoms with Crippen LogP contribution in [0.1, 0.15) is 40.7 Å². The fraction of sp³-hybridized carbons (Fsp3) is 0.190. The Hall–Kier alpha value is -3.41. The smallest absolute Gasteiger partial charge is 0.339 e. The van der Waals surface area contributed by atoms with E-state index in [1.807, 2.05) is 0 Å². The average molecular weight is 365 g/mol. The molecule has 1 atom stereocenters. The molecular weight excluding hydrogens is 348 g/mol. The van der Waals surface area contributed by atoms with Crippen molar-refractivity contribution in [3.8, 4) is 5.75 Å². The maximum atomic E-state index is 12.9. The molecule has 1 unspecified atom stereocenters. The summed E-state index contributed by atoms with van der Waals surface area (Å²) in [5.74, 6) is -2.40. The number of carboxylic acids is 1. The molecule has 2 aromatic carbocycles. The van der Waals surface area contributed by atoms with Gasteiger partial charge in [-0.1, -0.05) is 36.1 Å². The van der Waals surface area contributed by atoms with Gasteiger partial charge in [-0.2, -0.15) is 0 Å². The number of rotatable bonds is 6. The zero-order chi connectivity index (χ0) is 19.6. The van der Waals surface area contributed by atoms with Crippen LogP contribution in [0, 0.1) is 0 Å². The fourth-order valence-electron chi connectivity index (χ4n) is 3.23. The first kappa shape index (κ1) is 18.4. The summed E-state index contributed by atoms with van der Waals surface area (Å²) in [6.07, 6.45) is 0.161. The van der Waals surface area contributed by atoms with Crippen LogP contribution in [-0.4, -0.2) is 16.9 Å². The number of carbonyl (C=O) groups is 2. The first-order valence-corrected chi connectivity index (χ1v) is 8.41. The van der Waals surface area contributed by atoms with Crippen LogP contribution in [0.15, 0.2) is 57.7 Å². The Kier molecular flexibility index (Phi) is 5.07. The lowest BCUT2D eigenvalue weighted by molar-refractivity contribution is -0.267. The first-order chi connectivity index (χ1) is 12.9. The van der Waals surface area contributed by atoms with Crippen LogP contribution in [0.25, 0.3) is 11.0 Å². The zero-order valence-corrected chi connectivity index (χ0v) is 14.6. The van der Waals surface area contributed by atoms with Crippen LogP contribution in [0.2, 0.25) is 0 Å². The van der Waals surface area contributed by atoms with Gasteiger partial charge in [0.15, 0.2) is 0 Å². The second-order valence-electron chi connectivity index (χ2n) is 6.44. The molecule has 138 valence electrons. The van der Waals surface area contributed by atoms with Crippen molar-refractivity contribution in [1.82, 2.24) is 0 Å². The number of Topliss-reactive ketones (excluding diaryl/α,β-unsaturated/α-hetero) is 1.